The first-order valence-corrected chi connectivity index (χ1v) is 11.6. The Hall–Kier alpha value is -1.34. The Morgan fingerprint density at radius 1 is 1.14 bits per heavy atom. The number of piperazine rings is 1. The standard InChI is InChI=1S/C22H38N4O3/c1-14-12-25(22(28)29-13-16-3-4-16)21-9-17(5-8-20(21)26(14)15(2)27)18(10-23)11-24-19-6-7-19/h14,16-21,24H,3-13,23H2,1-2H3/t14-,17?,18?,20?,21?/m0/s1. The van der Waals surface area contributed by atoms with E-state index in [1.807, 2.05) is 16.7 Å². The highest BCUT2D eigenvalue weighted by molar-refractivity contribution is 5.75. The molecule has 4 rings (SSSR count). The van der Waals surface area contributed by atoms with Crippen LogP contribution in [0.5, 0.6) is 0 Å². The predicted octanol–water partition coefficient (Wildman–Crippen LogP) is 1.95. The van der Waals surface area contributed by atoms with Crippen molar-refractivity contribution in [2.45, 2.75) is 83.0 Å². The topological polar surface area (TPSA) is 87.9 Å². The second-order valence-electron chi connectivity index (χ2n) is 9.83. The molecule has 1 heterocycles. The van der Waals surface area contributed by atoms with E-state index in [0.29, 0.717) is 43.5 Å². The minimum atomic E-state index is -0.192. The highest BCUT2D eigenvalue weighted by Gasteiger charge is 2.47. The van der Waals surface area contributed by atoms with Crippen molar-refractivity contribution in [3.05, 3.63) is 0 Å². The molecule has 1 saturated heterocycles. The summed E-state index contributed by atoms with van der Waals surface area (Å²) in [6.45, 7) is 6.43. The molecule has 3 aliphatic carbocycles. The van der Waals surface area contributed by atoms with Crippen molar-refractivity contribution in [2.75, 3.05) is 26.2 Å². The number of rotatable bonds is 7. The molecule has 5 atom stereocenters. The number of fused-ring (bicyclic) bond motifs is 1. The predicted molar refractivity (Wildman–Crippen MR) is 111 cm³/mol. The highest BCUT2D eigenvalue weighted by atomic mass is 16.6. The first kappa shape index (κ1) is 20.9. The molecule has 7 nitrogen and oxygen atoms in total. The number of nitrogens with two attached hydrogens (primary N) is 1. The van der Waals surface area contributed by atoms with Crippen LogP contribution in [0.15, 0.2) is 0 Å². The molecule has 3 saturated carbocycles. The van der Waals surface area contributed by atoms with Gasteiger partial charge in [0.25, 0.3) is 0 Å². The van der Waals surface area contributed by atoms with Crippen molar-refractivity contribution in [3.63, 3.8) is 0 Å². The summed E-state index contributed by atoms with van der Waals surface area (Å²) < 4.78 is 5.65. The fourth-order valence-corrected chi connectivity index (χ4v) is 5.44. The van der Waals surface area contributed by atoms with Crippen molar-refractivity contribution in [1.29, 1.82) is 0 Å². The summed E-state index contributed by atoms with van der Waals surface area (Å²) in [5, 5.41) is 3.63. The third-order valence-electron chi connectivity index (χ3n) is 7.47. The molecule has 4 fully saturated rings. The van der Waals surface area contributed by atoms with E-state index in [1.54, 1.807) is 6.92 Å². The molecule has 0 aromatic heterocycles. The zero-order chi connectivity index (χ0) is 20.5. The van der Waals surface area contributed by atoms with Crippen LogP contribution in [0.25, 0.3) is 0 Å². The second-order valence-corrected chi connectivity index (χ2v) is 9.83. The molecule has 0 aromatic carbocycles. The van der Waals surface area contributed by atoms with E-state index in [9.17, 15) is 9.59 Å². The summed E-state index contributed by atoms with van der Waals surface area (Å²) >= 11 is 0. The third kappa shape index (κ3) is 4.88. The van der Waals surface area contributed by atoms with Crippen LogP contribution in [0, 0.1) is 17.8 Å². The average Bonchev–Trinajstić information content (AvgIpc) is 3.60. The number of hydrogen-bond donors (Lipinski definition) is 2. The maximum absolute atomic E-state index is 12.9. The fourth-order valence-electron chi connectivity index (χ4n) is 5.44. The molecule has 2 amide bonds. The lowest BCUT2D eigenvalue weighted by molar-refractivity contribution is -0.142. The van der Waals surface area contributed by atoms with Gasteiger partial charge in [-0.25, -0.2) is 4.79 Å². The molecule has 29 heavy (non-hydrogen) atoms. The number of carbonyl (C=O) groups is 2. The van der Waals surface area contributed by atoms with Gasteiger partial charge in [0, 0.05) is 25.6 Å². The molecule has 7 heteroatoms. The van der Waals surface area contributed by atoms with Gasteiger partial charge in [-0.3, -0.25) is 4.79 Å². The summed E-state index contributed by atoms with van der Waals surface area (Å²) in [6.07, 6.45) is 7.61. The monoisotopic (exact) mass is 406 g/mol. The van der Waals surface area contributed by atoms with Crippen molar-refractivity contribution in [2.24, 2.45) is 23.5 Å². The van der Waals surface area contributed by atoms with Crippen LogP contribution in [-0.4, -0.2) is 72.2 Å². The second kappa shape index (κ2) is 8.80. The smallest absolute Gasteiger partial charge is 0.410 e. The normalized spacial score (nSPS) is 33.2. The van der Waals surface area contributed by atoms with Gasteiger partial charge in [-0.2, -0.15) is 0 Å². The Kier molecular flexibility index (Phi) is 6.35. The number of carbonyl (C=O) groups excluding carboxylic acids is 2. The molecule has 1 aliphatic heterocycles. The van der Waals surface area contributed by atoms with Crippen LogP contribution in [-0.2, 0) is 9.53 Å². The highest BCUT2D eigenvalue weighted by Crippen LogP contribution is 2.39. The molecule has 0 spiro atoms. The lowest BCUT2D eigenvalue weighted by atomic mass is 9.73. The molecule has 4 aliphatic rings. The lowest BCUT2D eigenvalue weighted by Crippen LogP contribution is -2.67. The van der Waals surface area contributed by atoms with Crippen LogP contribution >= 0.6 is 0 Å². The molecule has 0 bridgehead atoms. The summed E-state index contributed by atoms with van der Waals surface area (Å²) in [4.78, 5) is 29.3. The van der Waals surface area contributed by atoms with E-state index in [-0.39, 0.29) is 30.1 Å². The van der Waals surface area contributed by atoms with Gasteiger partial charge in [-0.1, -0.05) is 0 Å². The van der Waals surface area contributed by atoms with E-state index >= 15 is 0 Å². The molecule has 3 N–H and O–H groups in total. The van der Waals surface area contributed by atoms with Crippen molar-refractivity contribution >= 4 is 12.0 Å². The van der Waals surface area contributed by atoms with Gasteiger partial charge in [0.2, 0.25) is 5.91 Å². The maximum Gasteiger partial charge on any atom is 0.410 e. The zero-order valence-electron chi connectivity index (χ0n) is 18.0. The van der Waals surface area contributed by atoms with Gasteiger partial charge in [0.1, 0.15) is 0 Å². The van der Waals surface area contributed by atoms with Crippen LogP contribution in [0.3, 0.4) is 0 Å². The molecular weight excluding hydrogens is 368 g/mol. The van der Waals surface area contributed by atoms with Gasteiger partial charge in [0.15, 0.2) is 0 Å². The molecular formula is C22H38N4O3. The largest absolute Gasteiger partial charge is 0.449 e. The van der Waals surface area contributed by atoms with Gasteiger partial charge >= 0.3 is 6.09 Å². The SMILES string of the molecule is CC(=O)N1C2CCC(C(CN)CNC3CC3)CC2N(C(=O)OCC2CC2)C[C@@H]1C. The summed E-state index contributed by atoms with van der Waals surface area (Å²) in [6, 6.07) is 0.838. The number of ether oxygens (including phenoxy) is 1. The van der Waals surface area contributed by atoms with E-state index < -0.39 is 0 Å². The van der Waals surface area contributed by atoms with E-state index in [2.05, 4.69) is 5.32 Å². The fraction of sp³-hybridized carbons (Fsp3) is 0.909. The number of amides is 2. The summed E-state index contributed by atoms with van der Waals surface area (Å²) in [5.74, 6) is 1.57. The Balaban J connectivity index is 1.46. The summed E-state index contributed by atoms with van der Waals surface area (Å²) in [7, 11) is 0. The number of hydrogen-bond acceptors (Lipinski definition) is 5. The average molecular weight is 407 g/mol. The Labute approximate surface area is 174 Å². The van der Waals surface area contributed by atoms with Crippen molar-refractivity contribution in [1.82, 2.24) is 15.1 Å². The Bertz CT molecular complexity index is 607. The first-order chi connectivity index (χ1) is 14.0. The molecule has 0 aromatic rings. The number of nitrogens with zero attached hydrogens (tertiary/aromatic N) is 2. The molecule has 4 unspecified atom stereocenters. The zero-order valence-corrected chi connectivity index (χ0v) is 18.0. The third-order valence-corrected chi connectivity index (χ3v) is 7.47. The summed E-state index contributed by atoms with van der Waals surface area (Å²) in [5.41, 5.74) is 6.15. The Morgan fingerprint density at radius 2 is 1.90 bits per heavy atom. The van der Waals surface area contributed by atoms with Crippen molar-refractivity contribution in [3.8, 4) is 0 Å². The minimum absolute atomic E-state index is 0.0283. The molecule has 164 valence electrons. The van der Waals surface area contributed by atoms with Crippen LogP contribution in [0.4, 0.5) is 4.79 Å². The maximum atomic E-state index is 12.9. The Morgan fingerprint density at radius 3 is 2.52 bits per heavy atom. The van der Waals surface area contributed by atoms with Gasteiger partial charge in [-0.05, 0) is 82.7 Å². The van der Waals surface area contributed by atoms with Gasteiger partial charge in [-0.15, -0.1) is 0 Å². The van der Waals surface area contributed by atoms with E-state index in [0.717, 1.165) is 25.8 Å². The first-order valence-electron chi connectivity index (χ1n) is 11.6. The van der Waals surface area contributed by atoms with E-state index in [1.165, 1.54) is 25.7 Å². The van der Waals surface area contributed by atoms with Crippen LogP contribution < -0.4 is 11.1 Å². The van der Waals surface area contributed by atoms with Gasteiger partial charge in [0.05, 0.1) is 18.7 Å². The lowest BCUT2D eigenvalue weighted by Gasteiger charge is -2.54. The van der Waals surface area contributed by atoms with Gasteiger partial charge < -0.3 is 25.6 Å². The van der Waals surface area contributed by atoms with E-state index in [4.69, 9.17) is 10.5 Å². The minimum Gasteiger partial charge on any atom is -0.449 e. The quantitative estimate of drug-likeness (QED) is 0.675. The van der Waals surface area contributed by atoms with Crippen LogP contribution in [0.2, 0.25) is 0 Å². The number of nitrogens with one attached hydrogen (secondary N) is 1. The molecule has 0 radical (unpaired) electrons. The van der Waals surface area contributed by atoms with Crippen molar-refractivity contribution < 1.29 is 14.3 Å². The van der Waals surface area contributed by atoms with Crippen LogP contribution in [0.1, 0.15) is 58.8 Å².